The number of benzene rings is 1. The average molecular weight is 574 g/mol. The summed E-state index contributed by atoms with van der Waals surface area (Å²) < 4.78 is 6.81. The SMILES string of the molecule is O=C(c1ccc(-c2cc3c(-c4ccnc(NC(=O)n5cc6ccccc6c5)c4CO)ccnc3[nH]2)nc1)N1CCOCC1. The van der Waals surface area contributed by atoms with Gasteiger partial charge in [0, 0.05) is 55.0 Å². The van der Waals surface area contributed by atoms with Gasteiger partial charge in [-0.15, -0.1) is 0 Å². The maximum Gasteiger partial charge on any atom is 0.331 e. The lowest BCUT2D eigenvalue weighted by Gasteiger charge is -2.26. The van der Waals surface area contributed by atoms with Crippen molar-refractivity contribution in [3.8, 4) is 22.5 Å². The fourth-order valence-corrected chi connectivity index (χ4v) is 5.41. The van der Waals surface area contributed by atoms with Crippen LogP contribution in [0.15, 0.2) is 85.6 Å². The van der Waals surface area contributed by atoms with Gasteiger partial charge in [-0.3, -0.25) is 19.7 Å². The Hall–Kier alpha value is -5.39. The Bertz CT molecular complexity index is 1940. The Morgan fingerprint density at radius 3 is 2.40 bits per heavy atom. The van der Waals surface area contributed by atoms with Crippen LogP contribution in [0.4, 0.5) is 10.6 Å². The second-order valence-electron chi connectivity index (χ2n) is 10.2. The molecule has 0 bridgehead atoms. The molecule has 2 amide bonds. The van der Waals surface area contributed by atoms with Crippen molar-refractivity contribution in [3.63, 3.8) is 0 Å². The standard InChI is InChI=1S/C32H27N7O4/c40-19-26-24(8-10-34-30(26)37-32(42)39-17-21-3-1-2-4-22(21)18-39)23-7-9-33-29-25(23)15-28(36-29)27-6-5-20(16-35-27)31(41)38-11-13-43-14-12-38/h1-10,15-18,40H,11-14,19H2,(H,33,36)(H,34,37,42). The number of aliphatic hydroxyl groups is 1. The number of nitrogens with zero attached hydrogens (tertiary/aromatic N) is 5. The van der Waals surface area contributed by atoms with Crippen LogP contribution in [0.1, 0.15) is 15.9 Å². The van der Waals surface area contributed by atoms with E-state index in [0.29, 0.717) is 54.3 Å². The van der Waals surface area contributed by atoms with Crippen LogP contribution >= 0.6 is 0 Å². The number of ether oxygens (including phenoxy) is 1. The molecule has 1 fully saturated rings. The number of carbonyl (C=O) groups is 2. The molecule has 3 N–H and O–H groups in total. The molecule has 5 aromatic heterocycles. The van der Waals surface area contributed by atoms with Gasteiger partial charge in [-0.05, 0) is 52.2 Å². The van der Waals surface area contributed by atoms with Gasteiger partial charge in [0.1, 0.15) is 11.5 Å². The number of nitrogens with one attached hydrogen (secondary N) is 2. The molecule has 1 aromatic carbocycles. The number of hydrogen-bond acceptors (Lipinski definition) is 7. The summed E-state index contributed by atoms with van der Waals surface area (Å²) >= 11 is 0. The van der Waals surface area contributed by atoms with E-state index in [-0.39, 0.29) is 24.4 Å². The first-order valence-corrected chi connectivity index (χ1v) is 13.9. The number of H-pyrrole nitrogens is 1. The van der Waals surface area contributed by atoms with Gasteiger partial charge in [-0.25, -0.2) is 14.8 Å². The molecule has 0 atom stereocenters. The molecule has 1 aliphatic rings. The van der Waals surface area contributed by atoms with Crippen LogP contribution < -0.4 is 5.32 Å². The van der Waals surface area contributed by atoms with Crippen molar-refractivity contribution in [2.45, 2.75) is 6.61 Å². The zero-order valence-corrected chi connectivity index (χ0v) is 23.0. The highest BCUT2D eigenvalue weighted by Gasteiger charge is 2.20. The van der Waals surface area contributed by atoms with Crippen molar-refractivity contribution in [2.24, 2.45) is 0 Å². The Morgan fingerprint density at radius 1 is 0.930 bits per heavy atom. The lowest BCUT2D eigenvalue weighted by molar-refractivity contribution is 0.0302. The number of anilines is 1. The molecule has 6 aromatic rings. The van der Waals surface area contributed by atoms with Crippen molar-refractivity contribution >= 4 is 39.6 Å². The van der Waals surface area contributed by atoms with Gasteiger partial charge in [0.15, 0.2) is 0 Å². The second-order valence-corrected chi connectivity index (χ2v) is 10.2. The summed E-state index contributed by atoms with van der Waals surface area (Å²) in [6.45, 7) is 1.87. The number of rotatable bonds is 5. The lowest BCUT2D eigenvalue weighted by Crippen LogP contribution is -2.40. The maximum atomic E-state index is 13.1. The zero-order valence-electron chi connectivity index (χ0n) is 23.0. The topological polar surface area (TPSA) is 138 Å². The Labute approximate surface area is 245 Å². The van der Waals surface area contributed by atoms with Crippen LogP contribution in [-0.4, -0.2) is 72.8 Å². The maximum absolute atomic E-state index is 13.1. The lowest BCUT2D eigenvalue weighted by atomic mass is 9.99. The number of aromatic nitrogens is 5. The number of fused-ring (bicyclic) bond motifs is 2. The van der Waals surface area contributed by atoms with E-state index in [1.54, 1.807) is 48.0 Å². The van der Waals surface area contributed by atoms with E-state index in [9.17, 15) is 14.7 Å². The summed E-state index contributed by atoms with van der Waals surface area (Å²) in [4.78, 5) is 44.4. The summed E-state index contributed by atoms with van der Waals surface area (Å²) in [7, 11) is 0. The molecule has 43 heavy (non-hydrogen) atoms. The van der Waals surface area contributed by atoms with Gasteiger partial charge >= 0.3 is 6.03 Å². The summed E-state index contributed by atoms with van der Waals surface area (Å²) in [5.41, 5.74) is 4.54. The van der Waals surface area contributed by atoms with E-state index in [1.165, 1.54) is 4.57 Å². The predicted molar refractivity (Wildman–Crippen MR) is 162 cm³/mol. The van der Waals surface area contributed by atoms with Gasteiger partial charge in [-0.1, -0.05) is 24.3 Å². The quantitative estimate of drug-likeness (QED) is 0.272. The van der Waals surface area contributed by atoms with Crippen LogP contribution in [0, 0.1) is 0 Å². The third-order valence-corrected chi connectivity index (χ3v) is 7.63. The highest BCUT2D eigenvalue weighted by molar-refractivity contribution is 6.00. The second kappa shape index (κ2) is 11.1. The number of pyridine rings is 3. The highest BCUT2D eigenvalue weighted by Crippen LogP contribution is 2.35. The number of aliphatic hydroxyl groups excluding tert-OH is 1. The van der Waals surface area contributed by atoms with Crippen molar-refractivity contribution in [1.29, 1.82) is 0 Å². The summed E-state index contributed by atoms with van der Waals surface area (Å²) in [5.74, 6) is 0.204. The molecule has 11 nitrogen and oxygen atoms in total. The normalized spacial score (nSPS) is 13.5. The molecule has 0 radical (unpaired) electrons. The van der Waals surface area contributed by atoms with E-state index in [2.05, 4.69) is 25.3 Å². The highest BCUT2D eigenvalue weighted by atomic mass is 16.5. The van der Waals surface area contributed by atoms with E-state index < -0.39 is 0 Å². The van der Waals surface area contributed by atoms with Gasteiger partial charge in [-0.2, -0.15) is 0 Å². The Morgan fingerprint density at radius 2 is 1.67 bits per heavy atom. The fraction of sp³-hybridized carbons (Fsp3) is 0.156. The molecule has 7 rings (SSSR count). The molecule has 0 spiro atoms. The molecular formula is C32H27N7O4. The van der Waals surface area contributed by atoms with E-state index in [1.807, 2.05) is 42.5 Å². The van der Waals surface area contributed by atoms with Crippen molar-refractivity contribution in [1.82, 2.24) is 29.4 Å². The largest absolute Gasteiger partial charge is 0.392 e. The number of aromatic amines is 1. The van der Waals surface area contributed by atoms with Crippen LogP contribution in [0.25, 0.3) is 44.3 Å². The van der Waals surface area contributed by atoms with E-state index in [4.69, 9.17) is 4.74 Å². The predicted octanol–water partition coefficient (Wildman–Crippen LogP) is 4.69. The van der Waals surface area contributed by atoms with Crippen LogP contribution in [0.2, 0.25) is 0 Å². The Kier molecular flexibility index (Phi) is 6.85. The molecule has 0 unspecified atom stereocenters. The van der Waals surface area contributed by atoms with E-state index in [0.717, 1.165) is 27.4 Å². The first kappa shape index (κ1) is 26.5. The molecule has 1 aliphatic heterocycles. The third kappa shape index (κ3) is 5.00. The first-order chi connectivity index (χ1) is 21.1. The van der Waals surface area contributed by atoms with E-state index >= 15 is 0 Å². The molecule has 11 heteroatoms. The van der Waals surface area contributed by atoms with Gasteiger partial charge in [0.05, 0.1) is 36.8 Å². The number of hydrogen-bond donors (Lipinski definition) is 3. The minimum Gasteiger partial charge on any atom is -0.392 e. The summed E-state index contributed by atoms with van der Waals surface area (Å²) in [5, 5.41) is 15.9. The van der Waals surface area contributed by atoms with Crippen molar-refractivity contribution in [2.75, 3.05) is 31.6 Å². The first-order valence-electron chi connectivity index (χ1n) is 13.9. The molecule has 0 saturated carbocycles. The summed E-state index contributed by atoms with van der Waals surface area (Å²) in [6.07, 6.45) is 8.37. The molecule has 0 aliphatic carbocycles. The van der Waals surface area contributed by atoms with Gasteiger partial charge in [0.2, 0.25) is 0 Å². The Balaban J connectivity index is 1.19. The summed E-state index contributed by atoms with van der Waals surface area (Å²) in [6, 6.07) is 16.5. The van der Waals surface area contributed by atoms with Gasteiger partial charge < -0.3 is 19.7 Å². The van der Waals surface area contributed by atoms with Crippen molar-refractivity contribution < 1.29 is 19.4 Å². The van der Waals surface area contributed by atoms with Gasteiger partial charge in [0.25, 0.3) is 5.91 Å². The average Bonchev–Trinajstić information content (AvgIpc) is 3.70. The number of morpholine rings is 1. The fourth-order valence-electron chi connectivity index (χ4n) is 5.41. The van der Waals surface area contributed by atoms with Crippen molar-refractivity contribution in [3.05, 3.63) is 96.7 Å². The molecule has 214 valence electrons. The van der Waals surface area contributed by atoms with Crippen LogP contribution in [0.3, 0.4) is 0 Å². The number of carbonyl (C=O) groups excluding carboxylic acids is 2. The zero-order chi connectivity index (χ0) is 29.3. The molecule has 6 heterocycles. The minimum absolute atomic E-state index is 0.0647. The minimum atomic E-state index is -0.388. The third-order valence-electron chi connectivity index (χ3n) is 7.63. The monoisotopic (exact) mass is 573 g/mol. The number of amides is 2. The van der Waals surface area contributed by atoms with Crippen LogP contribution in [-0.2, 0) is 11.3 Å². The van der Waals surface area contributed by atoms with Crippen LogP contribution in [0.5, 0.6) is 0 Å². The molecular weight excluding hydrogens is 546 g/mol. The smallest absolute Gasteiger partial charge is 0.331 e. The molecule has 1 saturated heterocycles.